The average Bonchev–Trinajstić information content (AvgIpc) is 2.72. The van der Waals surface area contributed by atoms with E-state index in [4.69, 9.17) is 0 Å². The van der Waals surface area contributed by atoms with E-state index in [1.165, 1.54) is 16.4 Å². The van der Waals surface area contributed by atoms with Crippen LogP contribution in [0.3, 0.4) is 0 Å². The predicted octanol–water partition coefficient (Wildman–Crippen LogP) is 3.82. The Morgan fingerprint density at radius 3 is 1.21 bits per heavy atom. The first-order valence-corrected chi connectivity index (χ1v) is 10.5. The van der Waals surface area contributed by atoms with Crippen molar-refractivity contribution < 1.29 is 4.48 Å². The molecule has 3 aromatic rings. The van der Waals surface area contributed by atoms with Crippen LogP contribution in [0.1, 0.15) is 19.8 Å². The third-order valence-corrected chi connectivity index (χ3v) is 4.59. The molecule has 0 amide bonds. The quantitative estimate of drug-likeness (QED) is 0.365. The van der Waals surface area contributed by atoms with Crippen molar-refractivity contribution in [3.8, 4) is 11.7 Å². The fraction of sp³-hybridized carbons (Fsp3) is 0.259. The van der Waals surface area contributed by atoms with E-state index in [9.17, 15) is 0 Å². The van der Waals surface area contributed by atoms with Gasteiger partial charge in [0, 0.05) is 6.42 Å². The van der Waals surface area contributed by atoms with Crippen LogP contribution in [0, 0.1) is 11.7 Å². The van der Waals surface area contributed by atoms with E-state index in [-0.39, 0.29) is 0 Å². The minimum Gasteiger partial charge on any atom is -0.333 e. The first-order chi connectivity index (χ1) is 13.9. The van der Waals surface area contributed by atoms with E-state index in [1.54, 1.807) is 0 Å². The summed E-state index contributed by atoms with van der Waals surface area (Å²) in [5.41, 5.74) is 3.83. The Hall–Kier alpha value is -2.76. The largest absolute Gasteiger partial charge is 0.333 e. The zero-order valence-electron chi connectivity index (χ0n) is 18.6. The molecule has 0 N–H and O–H groups in total. The number of nitrogens with zero attached hydrogens (tertiary/aromatic N) is 1. The molecule has 1 nitrogen and oxygen atoms in total. The van der Waals surface area contributed by atoms with Crippen LogP contribution in [0.4, 0.5) is 0 Å². The molecule has 2 heteroatoms. The lowest BCUT2D eigenvalue weighted by Gasteiger charge is -2.38. The molecule has 150 valence electrons. The molecule has 0 aromatic heterocycles. The third-order valence-electron chi connectivity index (χ3n) is 4.59. The molecule has 0 atom stereocenters. The van der Waals surface area contributed by atoms with Gasteiger partial charge in [-0.15, -0.1) is 5.92 Å². The van der Waals surface area contributed by atoms with Gasteiger partial charge in [-0.25, -0.2) is 0 Å². The molecule has 3 aromatic carbocycles. The highest BCUT2D eigenvalue weighted by Crippen LogP contribution is 2.07. The number of benzene rings is 3. The van der Waals surface area contributed by atoms with E-state index in [0.29, 0.717) is 0 Å². The molecule has 0 saturated heterocycles. The Labute approximate surface area is 177 Å². The maximum absolute atomic E-state index is 3.70. The molecule has 0 aliphatic heterocycles. The number of hydrogen-bond donors (Lipinski definition) is 0. The van der Waals surface area contributed by atoms with Crippen molar-refractivity contribution in [2.24, 2.45) is 0 Å². The van der Waals surface area contributed by atoms with Crippen molar-refractivity contribution in [2.75, 3.05) is 28.2 Å². The van der Waals surface area contributed by atoms with Gasteiger partial charge in [0.15, 0.2) is 0 Å². The van der Waals surface area contributed by atoms with Crippen LogP contribution in [0.25, 0.3) is 0 Å². The molecule has 3 rings (SSSR count). The van der Waals surface area contributed by atoms with Crippen LogP contribution < -0.4 is 16.4 Å². The van der Waals surface area contributed by atoms with E-state index >= 15 is 0 Å². The molecule has 0 saturated carbocycles. The van der Waals surface area contributed by atoms with Gasteiger partial charge in [-0.05, 0) is 6.42 Å². The fourth-order valence-electron chi connectivity index (χ4n) is 3.40. The normalized spacial score (nSPS) is 10.9. The Bertz CT molecular complexity index is 798. The first-order valence-electron chi connectivity index (χ1n) is 10.5. The summed E-state index contributed by atoms with van der Waals surface area (Å²) in [4.78, 5) is 0. The maximum Gasteiger partial charge on any atom is 0.149 e. The summed E-state index contributed by atoms with van der Waals surface area (Å²) in [7, 11) is 8.50. The standard InChI is InChI=1S/C23H22B.C4H12N/c1-2-3-13-20-24(21-14-7-4-8-15-21,22-16-9-5-10-17-22)23-18-11-6-12-19-23;1-5(2,3)4/h4-12,14-19H,2-3H2,1H3;1-4H3/q-1;+1. The average molecular weight is 383 g/mol. The van der Waals surface area contributed by atoms with Crippen LogP contribution in [0.15, 0.2) is 91.0 Å². The molecule has 0 radical (unpaired) electrons. The molecule has 0 spiro atoms. The lowest BCUT2D eigenvalue weighted by Crippen LogP contribution is -2.66. The monoisotopic (exact) mass is 383 g/mol. The van der Waals surface area contributed by atoms with Gasteiger partial charge in [-0.2, -0.15) is 16.4 Å². The molecule has 0 aliphatic carbocycles. The summed E-state index contributed by atoms with van der Waals surface area (Å²) in [5.74, 6) is 7.14. The smallest absolute Gasteiger partial charge is 0.149 e. The molecule has 0 aliphatic rings. The zero-order valence-corrected chi connectivity index (χ0v) is 18.6. The molecular weight excluding hydrogens is 349 g/mol. The highest BCUT2D eigenvalue weighted by molar-refractivity contribution is 7.16. The maximum atomic E-state index is 3.70. The van der Waals surface area contributed by atoms with Gasteiger partial charge < -0.3 is 4.48 Å². The molecule has 0 unspecified atom stereocenters. The van der Waals surface area contributed by atoms with Crippen molar-refractivity contribution >= 4 is 22.5 Å². The molecule has 0 fully saturated rings. The predicted molar refractivity (Wildman–Crippen MR) is 131 cm³/mol. The van der Waals surface area contributed by atoms with Gasteiger partial charge in [-0.1, -0.05) is 97.9 Å². The topological polar surface area (TPSA) is 0 Å². The van der Waals surface area contributed by atoms with Crippen LogP contribution in [0.5, 0.6) is 0 Å². The van der Waals surface area contributed by atoms with Crippen molar-refractivity contribution in [1.29, 1.82) is 0 Å². The van der Waals surface area contributed by atoms with Crippen molar-refractivity contribution in [3.63, 3.8) is 0 Å². The number of unbranched alkanes of at least 4 members (excludes halogenated alkanes) is 1. The molecule has 0 bridgehead atoms. The zero-order chi connectivity index (χ0) is 21.2. The number of rotatable bonds is 4. The Morgan fingerprint density at radius 2 is 0.931 bits per heavy atom. The van der Waals surface area contributed by atoms with Gasteiger partial charge >= 0.3 is 0 Å². The highest BCUT2D eigenvalue weighted by Gasteiger charge is 2.27. The van der Waals surface area contributed by atoms with Crippen LogP contribution in [0.2, 0.25) is 0 Å². The number of hydrogen-bond acceptors (Lipinski definition) is 0. The SMILES string of the molecule is CCCC#C[B-](c1ccccc1)(c1ccccc1)c1ccccc1.C[N+](C)(C)C. The van der Waals surface area contributed by atoms with Gasteiger partial charge in [0.05, 0.1) is 28.2 Å². The Morgan fingerprint density at radius 1 is 0.621 bits per heavy atom. The van der Waals surface area contributed by atoms with E-state index < -0.39 is 6.15 Å². The fourth-order valence-corrected chi connectivity index (χ4v) is 3.40. The van der Waals surface area contributed by atoms with Crippen LogP contribution in [-0.4, -0.2) is 38.8 Å². The molecule has 29 heavy (non-hydrogen) atoms. The summed E-state index contributed by atoms with van der Waals surface area (Å²) in [6.07, 6.45) is 0.725. The van der Waals surface area contributed by atoms with E-state index in [0.717, 1.165) is 17.3 Å². The minimum atomic E-state index is -1.28. The van der Waals surface area contributed by atoms with E-state index in [2.05, 4.69) is 138 Å². The summed E-state index contributed by atoms with van der Waals surface area (Å²) >= 11 is 0. The van der Waals surface area contributed by atoms with Crippen LogP contribution >= 0.6 is 0 Å². The Kier molecular flexibility index (Phi) is 8.31. The van der Waals surface area contributed by atoms with Gasteiger partial charge in [0.25, 0.3) is 0 Å². The van der Waals surface area contributed by atoms with Crippen molar-refractivity contribution in [2.45, 2.75) is 19.8 Å². The molecule has 0 heterocycles. The first kappa shape index (κ1) is 22.5. The number of quaternary nitrogens is 1. The van der Waals surface area contributed by atoms with Crippen molar-refractivity contribution in [1.82, 2.24) is 0 Å². The summed E-state index contributed by atoms with van der Waals surface area (Å²) < 4.78 is 1.00. The summed E-state index contributed by atoms with van der Waals surface area (Å²) in [6, 6.07) is 32.1. The van der Waals surface area contributed by atoms with Gasteiger partial charge in [0.2, 0.25) is 0 Å². The van der Waals surface area contributed by atoms with Gasteiger partial charge in [-0.3, -0.25) is 5.82 Å². The summed E-state index contributed by atoms with van der Waals surface area (Å²) in [6.45, 7) is 2.18. The van der Waals surface area contributed by atoms with Crippen molar-refractivity contribution in [3.05, 3.63) is 91.0 Å². The second-order valence-electron chi connectivity index (χ2n) is 8.85. The van der Waals surface area contributed by atoms with Crippen LogP contribution in [-0.2, 0) is 0 Å². The minimum absolute atomic E-state index is 0.927. The lowest BCUT2D eigenvalue weighted by molar-refractivity contribution is -0.849. The third kappa shape index (κ3) is 6.66. The Balaban J connectivity index is 0.000000537. The lowest BCUT2D eigenvalue weighted by atomic mass is 9.16. The second-order valence-corrected chi connectivity index (χ2v) is 8.85. The van der Waals surface area contributed by atoms with Gasteiger partial charge in [0.1, 0.15) is 6.15 Å². The van der Waals surface area contributed by atoms with E-state index in [1.807, 2.05) is 0 Å². The molecular formula is C27H34BN. The highest BCUT2D eigenvalue weighted by atomic mass is 15.2. The summed E-state index contributed by atoms with van der Waals surface area (Å²) in [5, 5.41) is 0. The second kappa shape index (κ2) is 10.7.